The Morgan fingerprint density at radius 2 is 1.00 bits per heavy atom. The molecule has 0 aliphatic rings. The lowest BCUT2D eigenvalue weighted by atomic mass is 10.0. The van der Waals surface area contributed by atoms with Crippen LogP contribution in [-0.2, 0) is 0 Å². The number of carbonyl (C=O) groups is 2. The van der Waals surface area contributed by atoms with Crippen LogP contribution in [0.2, 0.25) is 0 Å². The molecule has 0 unspecified atom stereocenters. The van der Waals surface area contributed by atoms with Crippen LogP contribution >= 0.6 is 0 Å². The summed E-state index contributed by atoms with van der Waals surface area (Å²) in [6.07, 6.45) is 3.63. The molecule has 1 heterocycles. The molecular weight excluding hydrogens is 386 g/mol. The molecule has 0 fully saturated rings. The van der Waals surface area contributed by atoms with E-state index < -0.39 is 0 Å². The number of anilines is 2. The lowest BCUT2D eigenvalue weighted by molar-refractivity contribution is 0.102. The zero-order valence-corrected chi connectivity index (χ0v) is 17.6. The molecule has 31 heavy (non-hydrogen) atoms. The predicted octanol–water partition coefficient (Wildman–Crippen LogP) is 6.01. The minimum absolute atomic E-state index is 0.283. The number of hydrogen-bond acceptors (Lipinski definition) is 2. The SMILES string of the molecule is CC.O=C(Nc1ccccc1)c1cccc(C(=O)Nc2ccccc2)c1-n1cccc1. The van der Waals surface area contributed by atoms with Gasteiger partial charge in [0.25, 0.3) is 11.8 Å². The topological polar surface area (TPSA) is 63.1 Å². The highest BCUT2D eigenvalue weighted by molar-refractivity contribution is 6.13. The Morgan fingerprint density at radius 1 is 0.581 bits per heavy atom. The van der Waals surface area contributed by atoms with Gasteiger partial charge in [0.15, 0.2) is 0 Å². The van der Waals surface area contributed by atoms with E-state index in [0.717, 1.165) is 0 Å². The molecule has 0 saturated carbocycles. The second-order valence-electron chi connectivity index (χ2n) is 6.43. The average Bonchev–Trinajstić information content (AvgIpc) is 3.36. The first-order valence-corrected chi connectivity index (χ1v) is 10.2. The van der Waals surface area contributed by atoms with Crippen LogP contribution in [0.4, 0.5) is 11.4 Å². The highest BCUT2D eigenvalue weighted by Crippen LogP contribution is 2.23. The number of carbonyl (C=O) groups excluding carboxylic acids is 2. The zero-order chi connectivity index (χ0) is 22.1. The summed E-state index contributed by atoms with van der Waals surface area (Å²) in [5, 5.41) is 5.78. The first kappa shape index (κ1) is 21.6. The van der Waals surface area contributed by atoms with Gasteiger partial charge in [-0.05, 0) is 48.5 Å². The monoisotopic (exact) mass is 411 g/mol. The summed E-state index contributed by atoms with van der Waals surface area (Å²) in [7, 11) is 0. The van der Waals surface area contributed by atoms with E-state index in [-0.39, 0.29) is 11.8 Å². The molecule has 3 aromatic carbocycles. The van der Waals surface area contributed by atoms with E-state index in [1.807, 2.05) is 99.0 Å². The van der Waals surface area contributed by atoms with Gasteiger partial charge in [0.05, 0.1) is 16.8 Å². The number of hydrogen-bond donors (Lipinski definition) is 2. The van der Waals surface area contributed by atoms with E-state index in [2.05, 4.69) is 10.6 Å². The number of benzene rings is 3. The Kier molecular flexibility index (Phi) is 7.38. The Hall–Kier alpha value is -4.12. The summed E-state index contributed by atoms with van der Waals surface area (Å²) in [5.74, 6) is -0.566. The molecule has 156 valence electrons. The molecule has 0 aliphatic heterocycles. The summed E-state index contributed by atoms with van der Waals surface area (Å²) >= 11 is 0. The minimum atomic E-state index is -0.283. The molecule has 2 N–H and O–H groups in total. The maximum absolute atomic E-state index is 13.0. The fourth-order valence-electron chi connectivity index (χ4n) is 3.11. The van der Waals surface area contributed by atoms with E-state index >= 15 is 0 Å². The molecule has 5 nitrogen and oxygen atoms in total. The standard InChI is InChI=1S/C24H19N3O2.C2H6/c28-23(25-18-10-3-1-4-11-18)20-14-9-15-21(22(20)27-16-7-8-17-27)24(29)26-19-12-5-2-6-13-19;1-2/h1-17H,(H,25,28)(H,26,29);1-2H3. The van der Waals surface area contributed by atoms with E-state index in [9.17, 15) is 9.59 Å². The summed E-state index contributed by atoms with van der Waals surface area (Å²) in [4.78, 5) is 26.0. The number of nitrogens with zero attached hydrogens (tertiary/aromatic N) is 1. The van der Waals surface area contributed by atoms with Gasteiger partial charge >= 0.3 is 0 Å². The third kappa shape index (κ3) is 5.28. The van der Waals surface area contributed by atoms with Crippen LogP contribution in [0.25, 0.3) is 5.69 Å². The molecule has 0 atom stereocenters. The van der Waals surface area contributed by atoms with Gasteiger partial charge in [0.1, 0.15) is 0 Å². The van der Waals surface area contributed by atoms with Gasteiger partial charge < -0.3 is 15.2 Å². The van der Waals surface area contributed by atoms with Gasteiger partial charge in [-0.15, -0.1) is 0 Å². The van der Waals surface area contributed by atoms with Crippen LogP contribution in [-0.4, -0.2) is 16.4 Å². The molecule has 0 saturated heterocycles. The molecule has 4 rings (SSSR count). The highest BCUT2D eigenvalue weighted by Gasteiger charge is 2.20. The maximum atomic E-state index is 13.0. The third-order valence-electron chi connectivity index (χ3n) is 4.45. The summed E-state index contributed by atoms with van der Waals surface area (Å²) < 4.78 is 1.78. The number of para-hydroxylation sites is 3. The smallest absolute Gasteiger partial charge is 0.257 e. The fraction of sp³-hybridized carbons (Fsp3) is 0.0769. The van der Waals surface area contributed by atoms with Gasteiger partial charge in [0, 0.05) is 23.8 Å². The van der Waals surface area contributed by atoms with Crippen molar-refractivity contribution in [2.45, 2.75) is 13.8 Å². The first-order valence-electron chi connectivity index (χ1n) is 10.2. The third-order valence-corrected chi connectivity index (χ3v) is 4.45. The summed E-state index contributed by atoms with van der Waals surface area (Å²) in [6, 6.07) is 27.3. The Morgan fingerprint density at radius 3 is 1.42 bits per heavy atom. The van der Waals surface area contributed by atoms with Crippen LogP contribution in [0.3, 0.4) is 0 Å². The van der Waals surface area contributed by atoms with Crippen LogP contribution in [0.15, 0.2) is 103 Å². The van der Waals surface area contributed by atoms with E-state index in [4.69, 9.17) is 0 Å². The molecule has 0 radical (unpaired) electrons. The summed E-state index contributed by atoms with van der Waals surface area (Å²) in [5.41, 5.74) is 2.72. The van der Waals surface area contributed by atoms with Crippen LogP contribution in [0.1, 0.15) is 34.6 Å². The van der Waals surface area contributed by atoms with Gasteiger partial charge in [-0.1, -0.05) is 56.3 Å². The van der Waals surface area contributed by atoms with Gasteiger partial charge in [-0.25, -0.2) is 0 Å². The van der Waals surface area contributed by atoms with Crippen LogP contribution in [0, 0.1) is 0 Å². The second kappa shape index (κ2) is 10.6. The Bertz CT molecular complexity index is 1050. The second-order valence-corrected chi connectivity index (χ2v) is 6.43. The number of rotatable bonds is 5. The van der Waals surface area contributed by atoms with Gasteiger partial charge in [-0.2, -0.15) is 0 Å². The van der Waals surface area contributed by atoms with Crippen molar-refractivity contribution in [3.05, 3.63) is 115 Å². The first-order chi connectivity index (χ1) is 15.2. The van der Waals surface area contributed by atoms with Crippen molar-refractivity contribution in [1.29, 1.82) is 0 Å². The van der Waals surface area contributed by atoms with Crippen molar-refractivity contribution in [2.75, 3.05) is 10.6 Å². The summed E-state index contributed by atoms with van der Waals surface area (Å²) in [6.45, 7) is 4.00. The molecule has 5 heteroatoms. The van der Waals surface area contributed by atoms with Crippen molar-refractivity contribution < 1.29 is 9.59 Å². The lowest BCUT2D eigenvalue weighted by Crippen LogP contribution is -2.20. The lowest BCUT2D eigenvalue weighted by Gasteiger charge is -2.16. The molecule has 0 bridgehead atoms. The number of amides is 2. The van der Waals surface area contributed by atoms with Crippen molar-refractivity contribution >= 4 is 23.2 Å². The van der Waals surface area contributed by atoms with Crippen molar-refractivity contribution in [1.82, 2.24) is 4.57 Å². The van der Waals surface area contributed by atoms with Crippen LogP contribution < -0.4 is 10.6 Å². The highest BCUT2D eigenvalue weighted by atomic mass is 16.2. The fourth-order valence-corrected chi connectivity index (χ4v) is 3.11. The van der Waals surface area contributed by atoms with E-state index in [1.54, 1.807) is 22.8 Å². The van der Waals surface area contributed by atoms with Gasteiger partial charge in [0.2, 0.25) is 0 Å². The number of aromatic nitrogens is 1. The molecule has 1 aromatic heterocycles. The van der Waals surface area contributed by atoms with E-state index in [1.165, 1.54) is 0 Å². The van der Waals surface area contributed by atoms with Crippen molar-refractivity contribution in [2.24, 2.45) is 0 Å². The predicted molar refractivity (Wildman–Crippen MR) is 126 cm³/mol. The Balaban J connectivity index is 0.00000132. The molecular formula is C26H25N3O2. The molecule has 4 aromatic rings. The largest absolute Gasteiger partial charge is 0.322 e. The quantitative estimate of drug-likeness (QED) is 0.422. The zero-order valence-electron chi connectivity index (χ0n) is 17.6. The van der Waals surface area contributed by atoms with Crippen molar-refractivity contribution in [3.8, 4) is 5.69 Å². The molecule has 2 amide bonds. The Labute approximate surface area is 182 Å². The normalized spacial score (nSPS) is 9.87. The minimum Gasteiger partial charge on any atom is -0.322 e. The van der Waals surface area contributed by atoms with Gasteiger partial charge in [-0.3, -0.25) is 9.59 Å². The molecule has 0 spiro atoms. The van der Waals surface area contributed by atoms with E-state index in [0.29, 0.717) is 28.2 Å². The van der Waals surface area contributed by atoms with Crippen LogP contribution in [0.5, 0.6) is 0 Å². The maximum Gasteiger partial charge on any atom is 0.257 e. The van der Waals surface area contributed by atoms with Crippen molar-refractivity contribution in [3.63, 3.8) is 0 Å². The average molecular weight is 412 g/mol. The number of nitrogens with one attached hydrogen (secondary N) is 2. The molecule has 0 aliphatic carbocycles.